The standard InChI is InChI=1S/C20H13F4N.C20H17NO.C18H11F3N2.C18H16N2.C18H14N2.C17H12N2/c1-11-9-13-5-7-14(15(13)10-17(11)21)18-8-6-12-3-2-4-16(19(12)25-18)20(22,23)24;1-13-4-2-6-17-15(13)8-9-18(17)20-11-10-16-14(12-22)5-3-7-19(16)21-20;1-9-14(20)7-11-12(8-22-18(11)16(9)21)15-6-5-10-3-2-4-13(19)17(10)23-15;1-18(2)14-8-4-6-10-16(14)20-17(18)13-11-19-15-9-5-3-7-12(13)15;1-12-5-4-7-15-16(11-20-18(12)15)14-9-13-6-2-3-8-17(13)19-10-14;1-3-7-16-12(5-1)9-13(10-18-16)15-11-19-17-8-4-2-6-14(15)17/h2-4,6-10H,5H2,1H3;2-7,9-11,22H,8,12H2,1H3;2-8,22H,1H3;3-11,19H,1-2H3;2-11,20H,1H3;1-11,19H. The molecule has 10 heterocycles. The summed E-state index contributed by atoms with van der Waals surface area (Å²) in [5, 5.41) is 18.0. The zero-order valence-electron chi connectivity index (χ0n) is 71.1. The number of aliphatic imine (C=N–C) groups is 1. The van der Waals surface area contributed by atoms with Crippen LogP contribution in [-0.4, -0.2) is 55.7 Å². The molecule has 0 unspecified atom stereocenters. The number of benzene rings is 12. The maximum Gasteiger partial charge on any atom is 0.418 e. The van der Waals surface area contributed by atoms with E-state index in [-0.39, 0.29) is 40.0 Å². The molecule has 5 N–H and O–H groups in total. The molecule has 0 spiro atoms. The zero-order valence-corrected chi connectivity index (χ0v) is 71.1. The van der Waals surface area contributed by atoms with Gasteiger partial charge in [0.1, 0.15) is 23.0 Å². The number of fused-ring (bicyclic) bond motifs is 12. The van der Waals surface area contributed by atoms with Gasteiger partial charge in [-0.15, -0.1) is 0 Å². The molecule has 0 bridgehead atoms. The number of allylic oxidation sites excluding steroid dienone is 2. The lowest BCUT2D eigenvalue weighted by molar-refractivity contribution is -0.136. The topological polar surface area (TPSA) is 160 Å². The van der Waals surface area contributed by atoms with Gasteiger partial charge in [0.2, 0.25) is 0 Å². The van der Waals surface area contributed by atoms with Gasteiger partial charge in [-0.25, -0.2) is 32.5 Å². The summed E-state index contributed by atoms with van der Waals surface area (Å²) in [7, 11) is 0. The van der Waals surface area contributed by atoms with Gasteiger partial charge >= 0.3 is 6.18 Å². The summed E-state index contributed by atoms with van der Waals surface area (Å²) in [5.74, 6) is -2.01. The van der Waals surface area contributed by atoms with E-state index in [1.807, 2.05) is 79.1 Å². The number of pyridine rings is 5. The van der Waals surface area contributed by atoms with Gasteiger partial charge in [-0.05, 0) is 182 Å². The van der Waals surface area contributed by atoms with Gasteiger partial charge in [0.25, 0.3) is 0 Å². The lowest BCUT2D eigenvalue weighted by Gasteiger charge is -2.22. The second-order valence-corrected chi connectivity index (χ2v) is 33.0. The van der Waals surface area contributed by atoms with E-state index in [1.165, 1.54) is 114 Å². The van der Waals surface area contributed by atoms with Gasteiger partial charge in [0, 0.05) is 158 Å². The lowest BCUT2D eigenvalue weighted by atomic mass is 9.79. The molecule has 632 valence electrons. The number of nitrogens with zero attached hydrogens (tertiary/aromatic N) is 6. The monoisotopic (exact) mass is 1700 g/mol. The SMILES string of the molecule is CC1(C)C(c2c[nH]c3ccccc23)=Nc2ccccc21.Cc1c(F)cc2c(-c3ccc4cccc(F)c4n3)c[nH]c2c1F.Cc1cc2c(cc1F)C(c1ccc3cccc(C(F)(F)F)c3n1)=CC2.Cc1cccc2c(-c3cnc4ccccc4c3)c[nH]c12.Cc1cccc2c1CC=C2c1ccc2c(CO)cccc2n1.c1ccc2ncc(-c3c[nH]c4ccccc34)cc2c1. The highest BCUT2D eigenvalue weighted by Gasteiger charge is 2.37. The van der Waals surface area contributed by atoms with Crippen molar-refractivity contribution in [2.45, 2.75) is 72.6 Å². The normalized spacial score (nSPS) is 12.9. The van der Waals surface area contributed by atoms with Crippen LogP contribution in [-0.2, 0) is 31.0 Å². The number of alkyl halides is 3. The first-order valence-corrected chi connectivity index (χ1v) is 42.5. The second-order valence-electron chi connectivity index (χ2n) is 33.0. The number of aromatic amines is 4. The summed E-state index contributed by atoms with van der Waals surface area (Å²) >= 11 is 0. The number of halogens is 7. The van der Waals surface area contributed by atoms with E-state index < -0.39 is 29.2 Å². The van der Waals surface area contributed by atoms with Crippen molar-refractivity contribution >= 4 is 121 Å². The summed E-state index contributed by atoms with van der Waals surface area (Å²) in [6.07, 6.45) is 12.9. The third kappa shape index (κ3) is 16.0. The van der Waals surface area contributed by atoms with E-state index in [4.69, 9.17) is 9.98 Å². The third-order valence-corrected chi connectivity index (χ3v) is 24.6. The molecule has 0 saturated heterocycles. The average Bonchev–Trinajstić information content (AvgIpc) is 1.59. The molecule has 0 atom stereocenters. The van der Waals surface area contributed by atoms with Crippen LogP contribution in [0.5, 0.6) is 0 Å². The number of para-hydroxylation sites is 8. The quantitative estimate of drug-likeness (QED) is 0.0999. The van der Waals surface area contributed by atoms with Gasteiger partial charge in [0.15, 0.2) is 5.82 Å². The molecule has 11 nitrogen and oxygen atoms in total. The average molecular weight is 1710 g/mol. The Morgan fingerprint density at radius 2 is 0.946 bits per heavy atom. The molecule has 2 aliphatic carbocycles. The van der Waals surface area contributed by atoms with E-state index in [0.29, 0.717) is 56.2 Å². The van der Waals surface area contributed by atoms with E-state index in [9.17, 15) is 35.8 Å². The highest BCUT2D eigenvalue weighted by Crippen LogP contribution is 2.45. The fraction of sp³-hybridized carbons (Fsp3) is 0.0991. The molecule has 3 aliphatic rings. The Kier molecular flexibility index (Phi) is 22.2. The van der Waals surface area contributed by atoms with Crippen molar-refractivity contribution < 1.29 is 35.8 Å². The van der Waals surface area contributed by atoms with Crippen molar-refractivity contribution in [2.75, 3.05) is 0 Å². The van der Waals surface area contributed by atoms with E-state index in [1.54, 1.807) is 61.7 Å². The van der Waals surface area contributed by atoms with Crippen LogP contribution in [0.1, 0.15) is 92.0 Å². The van der Waals surface area contributed by atoms with Crippen LogP contribution in [0.25, 0.3) is 143 Å². The van der Waals surface area contributed by atoms with Crippen LogP contribution in [0.3, 0.4) is 0 Å². The van der Waals surface area contributed by atoms with Crippen molar-refractivity contribution in [1.29, 1.82) is 0 Å². The number of aryl methyl sites for hydroxylation is 3. The number of aromatic nitrogens is 9. The van der Waals surface area contributed by atoms with Crippen molar-refractivity contribution in [3.8, 4) is 33.5 Å². The van der Waals surface area contributed by atoms with Gasteiger partial charge in [0.05, 0.1) is 68.2 Å². The van der Waals surface area contributed by atoms with Crippen molar-refractivity contribution in [3.63, 3.8) is 0 Å². The van der Waals surface area contributed by atoms with Crippen LogP contribution in [0.2, 0.25) is 0 Å². The van der Waals surface area contributed by atoms with E-state index in [0.717, 1.165) is 84.8 Å². The van der Waals surface area contributed by atoms with E-state index in [2.05, 4.69) is 232 Å². The lowest BCUT2D eigenvalue weighted by Crippen LogP contribution is -2.26. The highest BCUT2D eigenvalue weighted by atomic mass is 19.4. The first-order chi connectivity index (χ1) is 62.6. The van der Waals surface area contributed by atoms with Gasteiger partial charge in [-0.3, -0.25) is 15.0 Å². The molecule has 24 rings (SSSR count). The Balaban J connectivity index is 0.000000101. The molecular weight excluding hydrogens is 1620 g/mol. The molecule has 21 aromatic rings. The molecule has 9 aromatic heterocycles. The molecule has 1 aliphatic heterocycles. The summed E-state index contributed by atoms with van der Waals surface area (Å²) in [4.78, 5) is 40.2. The fourth-order valence-corrected chi connectivity index (χ4v) is 17.7. The van der Waals surface area contributed by atoms with Crippen molar-refractivity contribution in [3.05, 3.63) is 430 Å². The van der Waals surface area contributed by atoms with Crippen LogP contribution >= 0.6 is 0 Å². The van der Waals surface area contributed by atoms with Gasteiger partial charge in [-0.2, -0.15) is 13.2 Å². The highest BCUT2D eigenvalue weighted by molar-refractivity contribution is 6.18. The van der Waals surface area contributed by atoms with Crippen LogP contribution in [0, 0.1) is 51.0 Å². The minimum absolute atomic E-state index is 0.0385. The predicted molar refractivity (Wildman–Crippen MR) is 509 cm³/mol. The first kappa shape index (κ1) is 83.0. The smallest absolute Gasteiger partial charge is 0.392 e. The van der Waals surface area contributed by atoms with Crippen molar-refractivity contribution in [1.82, 2.24) is 44.9 Å². The van der Waals surface area contributed by atoms with Crippen molar-refractivity contribution in [2.24, 2.45) is 4.99 Å². The molecule has 18 heteroatoms. The Labute approximate surface area is 737 Å². The maximum atomic E-state index is 14.2. The molecular formula is C111H83F7N10O. The minimum atomic E-state index is -4.48. The van der Waals surface area contributed by atoms with Gasteiger partial charge in [-0.1, -0.05) is 214 Å². The van der Waals surface area contributed by atoms with Crippen LogP contribution in [0.4, 0.5) is 36.4 Å². The number of H-pyrrole nitrogens is 4. The Morgan fingerprint density at radius 3 is 1.67 bits per heavy atom. The number of hydrogen-bond donors (Lipinski definition) is 5. The third-order valence-electron chi connectivity index (χ3n) is 24.6. The summed E-state index contributed by atoms with van der Waals surface area (Å²) < 4.78 is 95.6. The van der Waals surface area contributed by atoms with Crippen LogP contribution < -0.4 is 0 Å². The number of hydrogen-bond acceptors (Lipinski definition) is 7. The number of aliphatic hydroxyl groups excluding tert-OH is 1. The number of aliphatic hydroxyl groups is 1. The Bertz CT molecular complexity index is 8090. The molecule has 0 fully saturated rings. The predicted octanol–water partition coefficient (Wildman–Crippen LogP) is 28.5. The Morgan fingerprint density at radius 1 is 0.395 bits per heavy atom. The molecule has 12 aromatic carbocycles. The summed E-state index contributed by atoms with van der Waals surface area (Å²) in [6.45, 7) is 11.9. The first-order valence-electron chi connectivity index (χ1n) is 42.5. The minimum Gasteiger partial charge on any atom is -0.392 e. The molecule has 129 heavy (non-hydrogen) atoms. The second kappa shape index (κ2) is 34.4. The molecule has 0 radical (unpaired) electrons. The zero-order chi connectivity index (χ0) is 88.9. The Hall–Kier alpha value is -15.5. The largest absolute Gasteiger partial charge is 0.418 e. The maximum absolute atomic E-state index is 14.2. The molecule has 0 amide bonds. The number of nitrogens with one attached hydrogen (secondary N) is 4. The number of rotatable bonds is 7. The van der Waals surface area contributed by atoms with Gasteiger partial charge < -0.3 is 25.0 Å². The fourth-order valence-electron chi connectivity index (χ4n) is 17.7. The summed E-state index contributed by atoms with van der Waals surface area (Å²) in [6, 6.07) is 88.7. The molecule has 0 saturated carbocycles. The van der Waals surface area contributed by atoms with Crippen LogP contribution in [0.15, 0.2) is 333 Å². The summed E-state index contributed by atoms with van der Waals surface area (Å²) in [5.41, 5.74) is 28.3. The van der Waals surface area contributed by atoms with E-state index >= 15 is 0 Å².